The van der Waals surface area contributed by atoms with E-state index in [0.717, 1.165) is 11.8 Å². The first-order valence-corrected chi connectivity index (χ1v) is 6.91. The number of carbonyl (C=O) groups is 1. The van der Waals surface area contributed by atoms with Crippen LogP contribution in [0.3, 0.4) is 0 Å². The Morgan fingerprint density at radius 3 is 2.95 bits per heavy atom. The zero-order chi connectivity index (χ0) is 13.9. The second-order valence-corrected chi connectivity index (χ2v) is 5.41. The van der Waals surface area contributed by atoms with Gasteiger partial charge < -0.3 is 10.1 Å². The van der Waals surface area contributed by atoms with E-state index in [1.807, 2.05) is 0 Å². The van der Waals surface area contributed by atoms with Gasteiger partial charge in [-0.15, -0.1) is 0 Å². The van der Waals surface area contributed by atoms with E-state index in [1.54, 1.807) is 11.8 Å². The largest absolute Gasteiger partial charge is 0.494 e. The highest BCUT2D eigenvalue weighted by atomic mass is 32.2. The molecule has 0 aromatic heterocycles. The van der Waals surface area contributed by atoms with Gasteiger partial charge in [0.1, 0.15) is 5.54 Å². The molecule has 1 unspecified atom stereocenters. The highest BCUT2D eigenvalue weighted by Gasteiger charge is 2.36. The van der Waals surface area contributed by atoms with Crippen molar-refractivity contribution in [2.45, 2.75) is 12.0 Å². The lowest BCUT2D eigenvalue weighted by Gasteiger charge is -2.21. The summed E-state index contributed by atoms with van der Waals surface area (Å²) in [5, 5.41) is 11.9. The van der Waals surface area contributed by atoms with Crippen molar-refractivity contribution < 1.29 is 13.9 Å². The Morgan fingerprint density at radius 2 is 2.42 bits per heavy atom. The number of amides is 1. The van der Waals surface area contributed by atoms with Crippen molar-refractivity contribution in [1.29, 1.82) is 5.26 Å². The molecule has 1 aliphatic rings. The first-order chi connectivity index (χ1) is 9.10. The maximum absolute atomic E-state index is 13.5. The van der Waals surface area contributed by atoms with Gasteiger partial charge >= 0.3 is 0 Å². The second-order valence-electron chi connectivity index (χ2n) is 4.30. The molecule has 2 rings (SSSR count). The van der Waals surface area contributed by atoms with Gasteiger partial charge in [-0.25, -0.2) is 4.39 Å². The maximum Gasteiger partial charge on any atom is 0.252 e. The molecule has 6 heteroatoms. The molecule has 1 aromatic rings. The minimum Gasteiger partial charge on any atom is -0.494 e. The number of hydrogen-bond donors (Lipinski definition) is 1. The molecule has 0 saturated carbocycles. The second kappa shape index (κ2) is 5.49. The highest BCUT2D eigenvalue weighted by Crippen LogP contribution is 2.28. The number of carbonyl (C=O) groups excluding carboxylic acids is 1. The third-order valence-corrected chi connectivity index (χ3v) is 4.19. The summed E-state index contributed by atoms with van der Waals surface area (Å²) in [6, 6.07) is 6.13. The van der Waals surface area contributed by atoms with Crippen LogP contribution in [0.15, 0.2) is 18.2 Å². The number of benzene rings is 1. The zero-order valence-corrected chi connectivity index (χ0v) is 11.2. The quantitative estimate of drug-likeness (QED) is 0.919. The van der Waals surface area contributed by atoms with Crippen molar-refractivity contribution in [2.75, 3.05) is 18.6 Å². The molecule has 1 heterocycles. The highest BCUT2D eigenvalue weighted by molar-refractivity contribution is 7.99. The molecule has 1 saturated heterocycles. The van der Waals surface area contributed by atoms with Gasteiger partial charge in [-0.1, -0.05) is 0 Å². The fourth-order valence-electron chi connectivity index (χ4n) is 1.88. The van der Waals surface area contributed by atoms with Gasteiger partial charge in [0, 0.05) is 11.3 Å². The van der Waals surface area contributed by atoms with E-state index >= 15 is 0 Å². The zero-order valence-electron chi connectivity index (χ0n) is 10.4. The van der Waals surface area contributed by atoms with Crippen molar-refractivity contribution >= 4 is 17.7 Å². The van der Waals surface area contributed by atoms with Crippen LogP contribution in [0.25, 0.3) is 0 Å². The van der Waals surface area contributed by atoms with Gasteiger partial charge in [-0.3, -0.25) is 4.79 Å². The van der Waals surface area contributed by atoms with Crippen molar-refractivity contribution in [1.82, 2.24) is 5.32 Å². The fourth-order valence-corrected chi connectivity index (χ4v) is 3.14. The van der Waals surface area contributed by atoms with Crippen molar-refractivity contribution in [3.63, 3.8) is 0 Å². The van der Waals surface area contributed by atoms with Crippen LogP contribution in [0.5, 0.6) is 5.75 Å². The Balaban J connectivity index is 2.16. The van der Waals surface area contributed by atoms with Gasteiger partial charge in [0.15, 0.2) is 11.6 Å². The van der Waals surface area contributed by atoms with Gasteiger partial charge in [0.25, 0.3) is 5.91 Å². The van der Waals surface area contributed by atoms with Gasteiger partial charge in [0.05, 0.1) is 13.2 Å². The normalized spacial score (nSPS) is 21.7. The molecule has 1 N–H and O–H groups in total. The Kier molecular flexibility index (Phi) is 3.96. The Bertz CT molecular complexity index is 536. The Labute approximate surface area is 114 Å². The summed E-state index contributed by atoms with van der Waals surface area (Å²) in [5.41, 5.74) is -0.650. The van der Waals surface area contributed by atoms with E-state index in [-0.39, 0.29) is 11.3 Å². The summed E-state index contributed by atoms with van der Waals surface area (Å²) in [5.74, 6) is 0.453. The first-order valence-electron chi connectivity index (χ1n) is 5.75. The van der Waals surface area contributed by atoms with E-state index in [2.05, 4.69) is 11.4 Å². The van der Waals surface area contributed by atoms with Gasteiger partial charge in [0.2, 0.25) is 0 Å². The monoisotopic (exact) mass is 280 g/mol. The van der Waals surface area contributed by atoms with Crippen LogP contribution in [0.4, 0.5) is 4.39 Å². The number of nitriles is 1. The minimum absolute atomic E-state index is 0.0861. The topological polar surface area (TPSA) is 62.1 Å². The van der Waals surface area contributed by atoms with Crippen LogP contribution in [0.1, 0.15) is 16.8 Å². The molecule has 1 aliphatic heterocycles. The molecule has 1 aromatic carbocycles. The van der Waals surface area contributed by atoms with Crippen LogP contribution in [-0.4, -0.2) is 30.1 Å². The van der Waals surface area contributed by atoms with E-state index < -0.39 is 17.3 Å². The smallest absolute Gasteiger partial charge is 0.252 e. The number of hydrogen-bond acceptors (Lipinski definition) is 4. The van der Waals surface area contributed by atoms with Crippen LogP contribution < -0.4 is 10.1 Å². The molecule has 1 amide bonds. The van der Waals surface area contributed by atoms with Crippen LogP contribution in [0, 0.1) is 17.1 Å². The maximum atomic E-state index is 13.5. The van der Waals surface area contributed by atoms with Crippen LogP contribution in [-0.2, 0) is 0 Å². The summed E-state index contributed by atoms with van der Waals surface area (Å²) in [6.07, 6.45) is 0.610. The van der Waals surface area contributed by atoms with E-state index in [9.17, 15) is 14.4 Å². The molecule has 4 nitrogen and oxygen atoms in total. The summed E-state index contributed by atoms with van der Waals surface area (Å²) in [4.78, 5) is 12.0. The molecule has 100 valence electrons. The summed E-state index contributed by atoms with van der Waals surface area (Å²) >= 11 is 1.62. The Hall–Kier alpha value is -1.74. The summed E-state index contributed by atoms with van der Waals surface area (Å²) < 4.78 is 18.3. The van der Waals surface area contributed by atoms with Crippen molar-refractivity contribution in [3.05, 3.63) is 29.6 Å². The lowest BCUT2D eigenvalue weighted by molar-refractivity contribution is 0.0925. The molecular formula is C13H13FN2O2S. The molecule has 1 atom stereocenters. The van der Waals surface area contributed by atoms with Crippen LogP contribution >= 0.6 is 11.8 Å². The molecule has 19 heavy (non-hydrogen) atoms. The lowest BCUT2D eigenvalue weighted by Crippen LogP contribution is -2.47. The third kappa shape index (κ3) is 2.82. The third-order valence-electron chi connectivity index (χ3n) is 3.00. The average Bonchev–Trinajstić information content (AvgIpc) is 2.87. The predicted octanol–water partition coefficient (Wildman–Crippen LogP) is 1.96. The first kappa shape index (κ1) is 13.7. The van der Waals surface area contributed by atoms with Gasteiger partial charge in [-0.05, 0) is 30.4 Å². The number of halogens is 1. The molecule has 0 bridgehead atoms. The standard InChI is InChI=1S/C13H13FN2O2S/c1-18-11-3-2-9(6-10(11)14)12(17)16-13(7-15)4-5-19-8-13/h2-3,6H,4-5,8H2,1H3,(H,16,17). The van der Waals surface area contributed by atoms with Gasteiger partial charge in [-0.2, -0.15) is 17.0 Å². The number of thioether (sulfide) groups is 1. The van der Waals surface area contributed by atoms with Crippen LogP contribution in [0.2, 0.25) is 0 Å². The number of methoxy groups -OCH3 is 1. The summed E-state index contributed by atoms with van der Waals surface area (Å²) in [6.45, 7) is 0. The van der Waals surface area contributed by atoms with E-state index in [1.165, 1.54) is 19.2 Å². The number of ether oxygens (including phenoxy) is 1. The van der Waals surface area contributed by atoms with Crippen molar-refractivity contribution in [3.8, 4) is 11.8 Å². The van der Waals surface area contributed by atoms with E-state index in [4.69, 9.17) is 4.74 Å². The predicted molar refractivity (Wildman–Crippen MR) is 70.7 cm³/mol. The van der Waals surface area contributed by atoms with E-state index in [0.29, 0.717) is 12.2 Å². The lowest BCUT2D eigenvalue weighted by atomic mass is 10.0. The van der Waals surface area contributed by atoms with Crippen molar-refractivity contribution in [2.24, 2.45) is 0 Å². The minimum atomic E-state index is -0.835. The number of nitrogens with one attached hydrogen (secondary N) is 1. The molecule has 0 radical (unpaired) electrons. The molecule has 1 fully saturated rings. The Morgan fingerprint density at radius 1 is 1.63 bits per heavy atom. The molecule has 0 spiro atoms. The fraction of sp³-hybridized carbons (Fsp3) is 0.385. The molecular weight excluding hydrogens is 267 g/mol. The SMILES string of the molecule is COc1ccc(C(=O)NC2(C#N)CCSC2)cc1F. The number of nitrogens with zero attached hydrogens (tertiary/aromatic N) is 1. The number of rotatable bonds is 3. The molecule has 0 aliphatic carbocycles. The summed E-state index contributed by atoms with van der Waals surface area (Å²) in [7, 11) is 1.36. The average molecular weight is 280 g/mol.